The summed E-state index contributed by atoms with van der Waals surface area (Å²) in [7, 11) is 1.81. The van der Waals surface area contributed by atoms with Crippen LogP contribution in [0.2, 0.25) is 0 Å². The van der Waals surface area contributed by atoms with E-state index < -0.39 is 0 Å². The number of nitrogens with one attached hydrogen (secondary N) is 2. The van der Waals surface area contributed by atoms with Gasteiger partial charge in [-0.05, 0) is 29.7 Å². The zero-order valence-corrected chi connectivity index (χ0v) is 17.6. The number of nitrogens with zero attached hydrogens (tertiary/aromatic N) is 3. The quantitative estimate of drug-likeness (QED) is 0.391. The molecule has 1 aromatic heterocycles. The van der Waals surface area contributed by atoms with Crippen molar-refractivity contribution in [3.63, 3.8) is 0 Å². The molecule has 5 nitrogen and oxygen atoms in total. The molecule has 1 aromatic carbocycles. The fraction of sp³-hybridized carbons (Fsp3) is 0.400. The van der Waals surface area contributed by atoms with Gasteiger partial charge in [-0.15, -0.1) is 24.0 Å². The summed E-state index contributed by atoms with van der Waals surface area (Å²) < 4.78 is 0. The number of hydrogen-bond donors (Lipinski definition) is 2. The van der Waals surface area contributed by atoms with Crippen LogP contribution in [-0.4, -0.2) is 49.1 Å². The van der Waals surface area contributed by atoms with E-state index in [-0.39, 0.29) is 24.0 Å². The number of hydrogen-bond acceptors (Lipinski definition) is 3. The molecule has 6 heteroatoms. The first kappa shape index (κ1) is 20.6. The van der Waals surface area contributed by atoms with E-state index in [1.165, 1.54) is 11.1 Å². The minimum atomic E-state index is 0. The van der Waals surface area contributed by atoms with Crippen LogP contribution in [0.15, 0.2) is 53.7 Å². The monoisotopic (exact) mass is 465 g/mol. The highest BCUT2D eigenvalue weighted by molar-refractivity contribution is 14.0. The second-order valence-corrected chi connectivity index (χ2v) is 6.29. The maximum absolute atomic E-state index is 4.34. The summed E-state index contributed by atoms with van der Waals surface area (Å²) in [6, 6.07) is 14.8. The van der Waals surface area contributed by atoms with Gasteiger partial charge in [-0.3, -0.25) is 14.9 Å². The number of aliphatic imine (C=N–C) groups is 1. The zero-order valence-electron chi connectivity index (χ0n) is 15.3. The van der Waals surface area contributed by atoms with Crippen LogP contribution in [0, 0.1) is 0 Å². The molecule has 0 bridgehead atoms. The van der Waals surface area contributed by atoms with E-state index in [0.717, 1.165) is 57.2 Å². The SMILES string of the molecule is CN=C(NCCc1ccccn1)NCCN1CCc2ccccc2C1.I. The van der Waals surface area contributed by atoms with Crippen molar-refractivity contribution in [3.05, 3.63) is 65.5 Å². The van der Waals surface area contributed by atoms with E-state index in [1.54, 1.807) is 0 Å². The van der Waals surface area contributed by atoms with Gasteiger partial charge in [0.2, 0.25) is 0 Å². The summed E-state index contributed by atoms with van der Waals surface area (Å²) in [6.45, 7) is 4.92. The molecule has 0 unspecified atom stereocenters. The lowest BCUT2D eigenvalue weighted by molar-refractivity contribution is 0.258. The van der Waals surface area contributed by atoms with Crippen LogP contribution in [-0.2, 0) is 19.4 Å². The van der Waals surface area contributed by atoms with Crippen LogP contribution >= 0.6 is 24.0 Å². The van der Waals surface area contributed by atoms with Crippen LogP contribution in [0.4, 0.5) is 0 Å². The molecule has 1 aliphatic rings. The van der Waals surface area contributed by atoms with E-state index >= 15 is 0 Å². The summed E-state index contributed by atoms with van der Waals surface area (Å²) in [5, 5.41) is 6.76. The Morgan fingerprint density at radius 1 is 1.08 bits per heavy atom. The summed E-state index contributed by atoms with van der Waals surface area (Å²) in [5.74, 6) is 0.855. The number of benzene rings is 1. The number of guanidine groups is 1. The highest BCUT2D eigenvalue weighted by Gasteiger charge is 2.14. The Morgan fingerprint density at radius 3 is 2.62 bits per heavy atom. The molecule has 3 rings (SSSR count). The molecule has 2 heterocycles. The van der Waals surface area contributed by atoms with Crippen LogP contribution in [0.25, 0.3) is 0 Å². The number of halogens is 1. The van der Waals surface area contributed by atoms with Crippen molar-refractivity contribution in [3.8, 4) is 0 Å². The van der Waals surface area contributed by atoms with Crippen LogP contribution in [0.3, 0.4) is 0 Å². The van der Waals surface area contributed by atoms with Gasteiger partial charge < -0.3 is 10.6 Å². The summed E-state index contributed by atoms with van der Waals surface area (Å²) in [6.07, 6.45) is 3.87. The van der Waals surface area contributed by atoms with Crippen molar-refractivity contribution in [2.75, 3.05) is 33.2 Å². The third kappa shape index (κ3) is 6.25. The Hall–Kier alpha value is -1.67. The van der Waals surface area contributed by atoms with Gasteiger partial charge in [0.15, 0.2) is 5.96 Å². The molecule has 2 aromatic rings. The van der Waals surface area contributed by atoms with Crippen molar-refractivity contribution in [2.24, 2.45) is 4.99 Å². The number of aromatic nitrogens is 1. The van der Waals surface area contributed by atoms with E-state index in [2.05, 4.69) is 49.8 Å². The molecule has 0 fully saturated rings. The normalized spacial score (nSPS) is 14.3. The minimum Gasteiger partial charge on any atom is -0.356 e. The Kier molecular flexibility index (Phi) is 8.84. The maximum atomic E-state index is 4.34. The predicted octanol–water partition coefficient (Wildman–Crippen LogP) is 2.47. The lowest BCUT2D eigenvalue weighted by Gasteiger charge is -2.28. The van der Waals surface area contributed by atoms with Crippen molar-refractivity contribution < 1.29 is 0 Å². The topological polar surface area (TPSA) is 52.6 Å². The van der Waals surface area contributed by atoms with E-state index in [9.17, 15) is 0 Å². The Labute approximate surface area is 173 Å². The van der Waals surface area contributed by atoms with Crippen molar-refractivity contribution in [1.82, 2.24) is 20.5 Å². The van der Waals surface area contributed by atoms with Crippen molar-refractivity contribution in [1.29, 1.82) is 0 Å². The third-order valence-corrected chi connectivity index (χ3v) is 4.55. The molecule has 0 aliphatic carbocycles. The van der Waals surface area contributed by atoms with E-state index in [0.29, 0.717) is 0 Å². The average Bonchev–Trinajstić information content (AvgIpc) is 2.67. The van der Waals surface area contributed by atoms with Crippen molar-refractivity contribution in [2.45, 2.75) is 19.4 Å². The lowest BCUT2D eigenvalue weighted by Crippen LogP contribution is -2.43. The largest absolute Gasteiger partial charge is 0.356 e. The fourth-order valence-corrected chi connectivity index (χ4v) is 3.15. The second-order valence-electron chi connectivity index (χ2n) is 6.29. The van der Waals surface area contributed by atoms with E-state index in [4.69, 9.17) is 0 Å². The van der Waals surface area contributed by atoms with Crippen molar-refractivity contribution >= 4 is 29.9 Å². The molecule has 0 saturated heterocycles. The molecule has 0 amide bonds. The lowest BCUT2D eigenvalue weighted by atomic mass is 10.00. The van der Waals surface area contributed by atoms with Gasteiger partial charge in [0.1, 0.15) is 0 Å². The molecule has 0 radical (unpaired) electrons. The standard InChI is InChI=1S/C20H27N5.HI/c1-21-20(23-12-9-19-8-4-5-11-22-19)24-13-15-25-14-10-17-6-2-3-7-18(17)16-25;/h2-8,11H,9-10,12-16H2,1H3,(H2,21,23,24);1H. The summed E-state index contributed by atoms with van der Waals surface area (Å²) in [4.78, 5) is 11.1. The third-order valence-electron chi connectivity index (χ3n) is 4.55. The average molecular weight is 465 g/mol. The van der Waals surface area contributed by atoms with Crippen LogP contribution < -0.4 is 10.6 Å². The van der Waals surface area contributed by atoms with Crippen LogP contribution in [0.1, 0.15) is 16.8 Å². The van der Waals surface area contributed by atoms with Gasteiger partial charge in [0, 0.05) is 58.1 Å². The molecule has 0 saturated carbocycles. The molecule has 0 atom stereocenters. The second kappa shape index (κ2) is 11.1. The number of fused-ring (bicyclic) bond motifs is 1. The molecule has 1 aliphatic heterocycles. The Morgan fingerprint density at radius 2 is 1.85 bits per heavy atom. The highest BCUT2D eigenvalue weighted by atomic mass is 127. The van der Waals surface area contributed by atoms with Gasteiger partial charge >= 0.3 is 0 Å². The van der Waals surface area contributed by atoms with E-state index in [1.807, 2.05) is 31.4 Å². The fourth-order valence-electron chi connectivity index (χ4n) is 3.15. The molecule has 0 spiro atoms. The first-order chi connectivity index (χ1) is 12.3. The first-order valence-corrected chi connectivity index (χ1v) is 8.99. The summed E-state index contributed by atoms with van der Waals surface area (Å²) in [5.41, 5.74) is 4.06. The molecular formula is C20H28IN5. The van der Waals surface area contributed by atoms with Gasteiger partial charge in [-0.1, -0.05) is 30.3 Å². The summed E-state index contributed by atoms with van der Waals surface area (Å²) >= 11 is 0. The molecule has 2 N–H and O–H groups in total. The van der Waals surface area contributed by atoms with Gasteiger partial charge in [0.25, 0.3) is 0 Å². The number of rotatable bonds is 6. The van der Waals surface area contributed by atoms with Gasteiger partial charge in [0.05, 0.1) is 0 Å². The number of pyridine rings is 1. The molecule has 26 heavy (non-hydrogen) atoms. The van der Waals surface area contributed by atoms with Crippen LogP contribution in [0.5, 0.6) is 0 Å². The predicted molar refractivity (Wildman–Crippen MR) is 118 cm³/mol. The van der Waals surface area contributed by atoms with Gasteiger partial charge in [-0.2, -0.15) is 0 Å². The Balaban J connectivity index is 0.00000243. The maximum Gasteiger partial charge on any atom is 0.191 e. The first-order valence-electron chi connectivity index (χ1n) is 8.99. The minimum absolute atomic E-state index is 0. The molecular weight excluding hydrogens is 437 g/mol. The zero-order chi connectivity index (χ0) is 17.3. The highest BCUT2D eigenvalue weighted by Crippen LogP contribution is 2.17. The van der Waals surface area contributed by atoms with Gasteiger partial charge in [-0.25, -0.2) is 0 Å². The molecule has 140 valence electrons. The smallest absolute Gasteiger partial charge is 0.191 e. The Bertz CT molecular complexity index is 690.